The number of hydrogen-bond donors (Lipinski definition) is 1. The van der Waals surface area contributed by atoms with Crippen LogP contribution in [0.3, 0.4) is 0 Å². The van der Waals surface area contributed by atoms with Crippen LogP contribution in [0.25, 0.3) is 0 Å². The molecule has 0 bridgehead atoms. The molecule has 18 heavy (non-hydrogen) atoms. The lowest BCUT2D eigenvalue weighted by Crippen LogP contribution is -2.41. The molecule has 0 radical (unpaired) electrons. The predicted octanol–water partition coefficient (Wildman–Crippen LogP) is 2.56. The van der Waals surface area contributed by atoms with Crippen LogP contribution >= 0.6 is 0 Å². The molecule has 3 heteroatoms. The van der Waals surface area contributed by atoms with E-state index in [4.69, 9.17) is 0 Å². The van der Waals surface area contributed by atoms with Gasteiger partial charge in [0, 0.05) is 19.0 Å². The predicted molar refractivity (Wildman–Crippen MR) is 74.5 cm³/mol. The molecule has 1 amide bonds. The van der Waals surface area contributed by atoms with E-state index in [1.807, 2.05) is 0 Å². The van der Waals surface area contributed by atoms with Gasteiger partial charge in [-0.25, -0.2) is 0 Å². The highest BCUT2D eigenvalue weighted by Gasteiger charge is 2.26. The molecule has 2 saturated heterocycles. The number of hydrogen-bond acceptors (Lipinski definition) is 2. The summed E-state index contributed by atoms with van der Waals surface area (Å²) in [5, 5.41) is 3.37. The molecule has 0 aromatic heterocycles. The molecule has 0 saturated carbocycles. The molecule has 2 heterocycles. The average Bonchev–Trinajstić information content (AvgIpc) is 2.64. The lowest BCUT2D eigenvalue weighted by molar-refractivity contribution is -0.134. The van der Waals surface area contributed by atoms with Crippen LogP contribution in [-0.2, 0) is 4.79 Å². The first kappa shape index (κ1) is 13.9. The van der Waals surface area contributed by atoms with Gasteiger partial charge in [0.1, 0.15) is 0 Å². The van der Waals surface area contributed by atoms with Crippen molar-refractivity contribution in [1.29, 1.82) is 0 Å². The van der Waals surface area contributed by atoms with Gasteiger partial charge in [-0.2, -0.15) is 0 Å². The lowest BCUT2D eigenvalue weighted by Gasteiger charge is -2.31. The van der Waals surface area contributed by atoms with E-state index >= 15 is 0 Å². The smallest absolute Gasteiger partial charge is 0.223 e. The first-order chi connectivity index (χ1) is 8.81. The van der Waals surface area contributed by atoms with Crippen molar-refractivity contribution in [2.24, 2.45) is 5.92 Å². The summed E-state index contributed by atoms with van der Waals surface area (Å²) in [7, 11) is 0. The van der Waals surface area contributed by atoms with E-state index in [0.717, 1.165) is 32.5 Å². The van der Waals surface area contributed by atoms with Crippen molar-refractivity contribution in [3.05, 3.63) is 0 Å². The van der Waals surface area contributed by atoms with Crippen molar-refractivity contribution < 1.29 is 4.79 Å². The third-order valence-corrected chi connectivity index (χ3v) is 4.59. The molecule has 0 aromatic carbocycles. The molecule has 2 aliphatic heterocycles. The second-order valence-corrected chi connectivity index (χ2v) is 5.90. The monoisotopic (exact) mass is 252 g/mol. The van der Waals surface area contributed by atoms with Gasteiger partial charge in [-0.3, -0.25) is 4.79 Å². The van der Waals surface area contributed by atoms with Crippen molar-refractivity contribution in [3.63, 3.8) is 0 Å². The van der Waals surface area contributed by atoms with Crippen molar-refractivity contribution in [2.45, 2.75) is 64.3 Å². The molecular formula is C15H28N2O. The maximum atomic E-state index is 12.5. The fraction of sp³-hybridized carbons (Fsp3) is 0.933. The number of carbonyl (C=O) groups excluding carboxylic acids is 1. The number of piperidine rings is 1. The van der Waals surface area contributed by atoms with Crippen molar-refractivity contribution in [1.82, 2.24) is 10.2 Å². The van der Waals surface area contributed by atoms with Crippen molar-refractivity contribution in [2.75, 3.05) is 19.6 Å². The molecule has 0 spiro atoms. The number of likely N-dealkylation sites (tertiary alicyclic amines) is 1. The van der Waals surface area contributed by atoms with E-state index in [-0.39, 0.29) is 0 Å². The Kier molecular flexibility index (Phi) is 5.48. The minimum atomic E-state index is 0.427. The Labute approximate surface area is 111 Å². The van der Waals surface area contributed by atoms with Gasteiger partial charge < -0.3 is 10.2 Å². The lowest BCUT2D eigenvalue weighted by atomic mass is 9.93. The molecule has 1 atom stereocenters. The molecule has 0 aromatic rings. The summed E-state index contributed by atoms with van der Waals surface area (Å²) in [4.78, 5) is 14.7. The maximum Gasteiger partial charge on any atom is 0.223 e. The highest BCUT2D eigenvalue weighted by atomic mass is 16.2. The van der Waals surface area contributed by atoms with E-state index in [1.165, 1.54) is 38.5 Å². The van der Waals surface area contributed by atoms with Crippen LogP contribution in [0.2, 0.25) is 0 Å². The van der Waals surface area contributed by atoms with Gasteiger partial charge in [0.05, 0.1) is 0 Å². The summed E-state index contributed by atoms with van der Waals surface area (Å²) < 4.78 is 0. The first-order valence-corrected chi connectivity index (χ1v) is 7.81. The summed E-state index contributed by atoms with van der Waals surface area (Å²) in [6.07, 6.45) is 9.29. The second kappa shape index (κ2) is 7.13. The van der Waals surface area contributed by atoms with Gasteiger partial charge in [-0.1, -0.05) is 19.8 Å². The Morgan fingerprint density at radius 2 is 1.94 bits per heavy atom. The zero-order chi connectivity index (χ0) is 12.8. The molecule has 2 rings (SSSR count). The number of carbonyl (C=O) groups is 1. The molecule has 0 aliphatic carbocycles. The Morgan fingerprint density at radius 3 is 2.67 bits per heavy atom. The normalized spacial score (nSPS) is 26.9. The fourth-order valence-corrected chi connectivity index (χ4v) is 3.38. The Hall–Kier alpha value is -0.570. The van der Waals surface area contributed by atoms with Crippen LogP contribution < -0.4 is 5.32 Å². The van der Waals surface area contributed by atoms with Gasteiger partial charge in [0.25, 0.3) is 0 Å². The zero-order valence-electron chi connectivity index (χ0n) is 11.8. The highest BCUT2D eigenvalue weighted by Crippen LogP contribution is 2.23. The number of nitrogens with one attached hydrogen (secondary N) is 1. The Bertz CT molecular complexity index is 261. The van der Waals surface area contributed by atoms with Crippen LogP contribution in [0.4, 0.5) is 0 Å². The topological polar surface area (TPSA) is 32.3 Å². The van der Waals surface area contributed by atoms with Gasteiger partial charge in [0.2, 0.25) is 5.91 Å². The Morgan fingerprint density at radius 1 is 1.17 bits per heavy atom. The van der Waals surface area contributed by atoms with Gasteiger partial charge in [-0.05, 0) is 51.1 Å². The van der Waals surface area contributed by atoms with Crippen molar-refractivity contribution >= 4 is 5.91 Å². The molecule has 2 aliphatic rings. The van der Waals surface area contributed by atoms with Gasteiger partial charge in [-0.15, -0.1) is 0 Å². The first-order valence-electron chi connectivity index (χ1n) is 7.81. The summed E-state index contributed by atoms with van der Waals surface area (Å²) >= 11 is 0. The zero-order valence-corrected chi connectivity index (χ0v) is 11.8. The summed E-state index contributed by atoms with van der Waals surface area (Å²) in [5.74, 6) is 1.05. The van der Waals surface area contributed by atoms with Crippen molar-refractivity contribution in [3.8, 4) is 0 Å². The van der Waals surface area contributed by atoms with Crippen LogP contribution in [0.15, 0.2) is 0 Å². The molecule has 1 N–H and O–H groups in total. The van der Waals surface area contributed by atoms with E-state index in [2.05, 4.69) is 17.1 Å². The quantitative estimate of drug-likeness (QED) is 0.837. The SMILES string of the molecule is CCC1CCCCCN1C(=O)CC1CCNCC1. The molecular weight excluding hydrogens is 224 g/mol. The minimum absolute atomic E-state index is 0.427. The van der Waals surface area contributed by atoms with Crippen LogP contribution in [0.1, 0.15) is 58.3 Å². The molecule has 3 nitrogen and oxygen atoms in total. The second-order valence-electron chi connectivity index (χ2n) is 5.90. The van der Waals surface area contributed by atoms with Gasteiger partial charge >= 0.3 is 0 Å². The Balaban J connectivity index is 1.88. The van der Waals surface area contributed by atoms with E-state index < -0.39 is 0 Å². The number of rotatable bonds is 3. The third kappa shape index (κ3) is 3.71. The molecule has 1 unspecified atom stereocenters. The minimum Gasteiger partial charge on any atom is -0.340 e. The standard InChI is InChI=1S/C15H28N2O/c1-2-14-6-4-3-5-11-17(14)15(18)12-13-7-9-16-10-8-13/h13-14,16H,2-12H2,1H3. The number of amides is 1. The van der Waals surface area contributed by atoms with E-state index in [1.54, 1.807) is 0 Å². The van der Waals surface area contributed by atoms with E-state index in [0.29, 0.717) is 17.9 Å². The van der Waals surface area contributed by atoms with Gasteiger partial charge in [0.15, 0.2) is 0 Å². The summed E-state index contributed by atoms with van der Waals surface area (Å²) in [5.41, 5.74) is 0. The summed E-state index contributed by atoms with van der Waals surface area (Å²) in [6, 6.07) is 0.515. The summed E-state index contributed by atoms with van der Waals surface area (Å²) in [6.45, 7) is 5.41. The largest absolute Gasteiger partial charge is 0.340 e. The van der Waals surface area contributed by atoms with E-state index in [9.17, 15) is 4.79 Å². The number of nitrogens with zero attached hydrogens (tertiary/aromatic N) is 1. The molecule has 2 fully saturated rings. The van der Waals surface area contributed by atoms with Crippen LogP contribution in [-0.4, -0.2) is 36.5 Å². The molecule has 104 valence electrons. The fourth-order valence-electron chi connectivity index (χ4n) is 3.38. The van der Waals surface area contributed by atoms with Crippen LogP contribution in [0, 0.1) is 5.92 Å². The highest BCUT2D eigenvalue weighted by molar-refractivity contribution is 5.76. The average molecular weight is 252 g/mol. The third-order valence-electron chi connectivity index (χ3n) is 4.59. The maximum absolute atomic E-state index is 12.5. The van der Waals surface area contributed by atoms with Crippen LogP contribution in [0.5, 0.6) is 0 Å².